The van der Waals surface area contributed by atoms with Crippen LogP contribution in [0.2, 0.25) is 0 Å². The predicted octanol–water partition coefficient (Wildman–Crippen LogP) is 0.0469. The van der Waals surface area contributed by atoms with E-state index in [-0.39, 0.29) is 5.91 Å². The molecule has 0 aromatic heterocycles. The van der Waals surface area contributed by atoms with Crippen molar-refractivity contribution in [1.82, 2.24) is 4.90 Å². The maximum atomic E-state index is 11.6. The number of carboxylic acids is 1. The molecular formula is C10H18N2O3. The second-order valence-corrected chi connectivity index (χ2v) is 4.24. The smallest absolute Gasteiger partial charge is 0.311 e. The molecule has 86 valence electrons. The lowest BCUT2D eigenvalue weighted by molar-refractivity contribution is -0.148. The van der Waals surface area contributed by atoms with Gasteiger partial charge in [0.25, 0.3) is 0 Å². The first kappa shape index (κ1) is 12.0. The van der Waals surface area contributed by atoms with Crippen molar-refractivity contribution in [2.45, 2.75) is 32.7 Å². The molecule has 1 aliphatic heterocycles. The number of nitrogens with zero attached hydrogens (tertiary/aromatic N) is 1. The third-order valence-electron chi connectivity index (χ3n) is 3.19. The number of carboxylic acid groups (broad SMARTS) is 1. The molecule has 0 radical (unpaired) electrons. The Kier molecular flexibility index (Phi) is 3.34. The fourth-order valence-electron chi connectivity index (χ4n) is 1.96. The number of carbonyl (C=O) groups is 2. The lowest BCUT2D eigenvalue weighted by Crippen LogP contribution is -2.43. The molecular weight excluding hydrogens is 196 g/mol. The number of hydrogen-bond donors (Lipinski definition) is 2. The van der Waals surface area contributed by atoms with Gasteiger partial charge in [-0.1, -0.05) is 6.92 Å². The van der Waals surface area contributed by atoms with Gasteiger partial charge < -0.3 is 15.7 Å². The average molecular weight is 214 g/mol. The van der Waals surface area contributed by atoms with E-state index in [1.165, 1.54) is 0 Å². The molecule has 5 nitrogen and oxygen atoms in total. The summed E-state index contributed by atoms with van der Waals surface area (Å²) in [6.07, 6.45) is 1.07. The van der Waals surface area contributed by atoms with Crippen LogP contribution in [0.5, 0.6) is 0 Å². The van der Waals surface area contributed by atoms with Gasteiger partial charge in [0.1, 0.15) is 0 Å². The van der Waals surface area contributed by atoms with E-state index in [1.807, 2.05) is 6.92 Å². The summed E-state index contributed by atoms with van der Waals surface area (Å²) in [5.74, 6) is -0.975. The van der Waals surface area contributed by atoms with E-state index in [0.717, 1.165) is 0 Å². The van der Waals surface area contributed by atoms with Crippen molar-refractivity contribution in [3.8, 4) is 0 Å². The SMILES string of the molecule is CCC1(C(=O)O)CCN(C(=O)C(C)N)C1. The van der Waals surface area contributed by atoms with E-state index < -0.39 is 17.4 Å². The van der Waals surface area contributed by atoms with Crippen LogP contribution in [-0.2, 0) is 9.59 Å². The first-order chi connectivity index (χ1) is 6.93. The van der Waals surface area contributed by atoms with Gasteiger partial charge in [-0.2, -0.15) is 0 Å². The highest BCUT2D eigenvalue weighted by Crippen LogP contribution is 2.34. The number of nitrogens with two attached hydrogens (primary N) is 1. The van der Waals surface area contributed by atoms with E-state index in [0.29, 0.717) is 25.9 Å². The Labute approximate surface area is 89.2 Å². The minimum Gasteiger partial charge on any atom is -0.481 e. The van der Waals surface area contributed by atoms with Crippen molar-refractivity contribution in [1.29, 1.82) is 0 Å². The molecule has 0 aromatic carbocycles. The molecule has 1 heterocycles. The summed E-state index contributed by atoms with van der Waals surface area (Å²) in [6.45, 7) is 4.25. The first-order valence-electron chi connectivity index (χ1n) is 5.21. The highest BCUT2D eigenvalue weighted by Gasteiger charge is 2.44. The van der Waals surface area contributed by atoms with Crippen molar-refractivity contribution in [2.75, 3.05) is 13.1 Å². The minimum absolute atomic E-state index is 0.161. The largest absolute Gasteiger partial charge is 0.481 e. The first-order valence-corrected chi connectivity index (χ1v) is 5.21. The normalized spacial score (nSPS) is 27.8. The lowest BCUT2D eigenvalue weighted by Gasteiger charge is -2.23. The van der Waals surface area contributed by atoms with Crippen LogP contribution in [-0.4, -0.2) is 41.0 Å². The summed E-state index contributed by atoms with van der Waals surface area (Å²) >= 11 is 0. The standard InChI is InChI=1S/C10H18N2O3/c1-3-10(9(14)15)4-5-12(6-10)8(13)7(2)11/h7H,3-6,11H2,1-2H3,(H,14,15). The zero-order valence-corrected chi connectivity index (χ0v) is 9.19. The monoisotopic (exact) mass is 214 g/mol. The summed E-state index contributed by atoms with van der Waals surface area (Å²) < 4.78 is 0. The fourth-order valence-corrected chi connectivity index (χ4v) is 1.96. The second kappa shape index (κ2) is 4.18. The molecule has 0 bridgehead atoms. The molecule has 1 aliphatic rings. The van der Waals surface area contributed by atoms with Gasteiger partial charge in [-0.05, 0) is 19.8 Å². The number of amides is 1. The van der Waals surface area contributed by atoms with Gasteiger partial charge in [0.05, 0.1) is 11.5 Å². The molecule has 0 spiro atoms. The number of aliphatic carboxylic acids is 1. The highest BCUT2D eigenvalue weighted by molar-refractivity contribution is 5.83. The van der Waals surface area contributed by atoms with E-state index in [4.69, 9.17) is 10.8 Å². The molecule has 1 saturated heterocycles. The molecule has 0 saturated carbocycles. The van der Waals surface area contributed by atoms with Crippen molar-refractivity contribution in [2.24, 2.45) is 11.1 Å². The second-order valence-electron chi connectivity index (χ2n) is 4.24. The molecule has 1 fully saturated rings. The number of likely N-dealkylation sites (tertiary alicyclic amines) is 1. The van der Waals surface area contributed by atoms with E-state index in [1.54, 1.807) is 11.8 Å². The van der Waals surface area contributed by atoms with Gasteiger partial charge in [-0.15, -0.1) is 0 Å². The Morgan fingerprint density at radius 2 is 2.20 bits per heavy atom. The maximum Gasteiger partial charge on any atom is 0.311 e. The number of carbonyl (C=O) groups excluding carboxylic acids is 1. The average Bonchev–Trinajstić information content (AvgIpc) is 2.61. The van der Waals surface area contributed by atoms with Gasteiger partial charge in [0, 0.05) is 13.1 Å². The van der Waals surface area contributed by atoms with E-state index >= 15 is 0 Å². The van der Waals surface area contributed by atoms with Crippen LogP contribution in [0.3, 0.4) is 0 Å². The number of hydrogen-bond acceptors (Lipinski definition) is 3. The van der Waals surface area contributed by atoms with Crippen LogP contribution < -0.4 is 5.73 Å². The molecule has 15 heavy (non-hydrogen) atoms. The minimum atomic E-state index is -0.815. The Bertz CT molecular complexity index is 278. The lowest BCUT2D eigenvalue weighted by atomic mass is 9.84. The molecule has 0 aliphatic carbocycles. The van der Waals surface area contributed by atoms with Crippen molar-refractivity contribution >= 4 is 11.9 Å². The predicted molar refractivity (Wildman–Crippen MR) is 55.2 cm³/mol. The summed E-state index contributed by atoms with van der Waals surface area (Å²) in [6, 6.07) is -0.550. The quantitative estimate of drug-likeness (QED) is 0.695. The third kappa shape index (κ3) is 2.12. The molecule has 0 aromatic rings. The Balaban J connectivity index is 2.73. The van der Waals surface area contributed by atoms with E-state index in [9.17, 15) is 9.59 Å². The molecule has 2 atom stereocenters. The summed E-state index contributed by atoms with van der Waals surface area (Å²) in [4.78, 5) is 24.3. The van der Waals surface area contributed by atoms with Crippen molar-refractivity contribution in [3.63, 3.8) is 0 Å². The molecule has 1 rings (SSSR count). The number of rotatable bonds is 3. The van der Waals surface area contributed by atoms with Crippen LogP contribution in [0.1, 0.15) is 26.7 Å². The van der Waals surface area contributed by atoms with E-state index in [2.05, 4.69) is 0 Å². The van der Waals surface area contributed by atoms with Crippen LogP contribution >= 0.6 is 0 Å². The zero-order valence-electron chi connectivity index (χ0n) is 9.19. The zero-order chi connectivity index (χ0) is 11.6. The topological polar surface area (TPSA) is 83.6 Å². The molecule has 3 N–H and O–H groups in total. The van der Waals surface area contributed by atoms with Gasteiger partial charge in [-0.3, -0.25) is 9.59 Å². The van der Waals surface area contributed by atoms with Gasteiger partial charge in [-0.25, -0.2) is 0 Å². The molecule has 1 amide bonds. The third-order valence-corrected chi connectivity index (χ3v) is 3.19. The fraction of sp³-hybridized carbons (Fsp3) is 0.800. The maximum absolute atomic E-state index is 11.6. The summed E-state index contributed by atoms with van der Waals surface area (Å²) in [5.41, 5.74) is 4.72. The molecule has 5 heteroatoms. The molecule has 2 unspecified atom stereocenters. The summed E-state index contributed by atoms with van der Waals surface area (Å²) in [5, 5.41) is 9.13. The van der Waals surface area contributed by atoms with Crippen molar-refractivity contribution < 1.29 is 14.7 Å². The van der Waals surface area contributed by atoms with Gasteiger partial charge in [0.2, 0.25) is 5.91 Å². The van der Waals surface area contributed by atoms with Crippen LogP contribution in [0.4, 0.5) is 0 Å². The Morgan fingerprint density at radius 1 is 1.60 bits per heavy atom. The van der Waals surface area contributed by atoms with Gasteiger partial charge >= 0.3 is 5.97 Å². The van der Waals surface area contributed by atoms with Crippen LogP contribution in [0, 0.1) is 5.41 Å². The van der Waals surface area contributed by atoms with Gasteiger partial charge in [0.15, 0.2) is 0 Å². The highest BCUT2D eigenvalue weighted by atomic mass is 16.4. The Hall–Kier alpha value is -1.10. The van der Waals surface area contributed by atoms with Crippen molar-refractivity contribution in [3.05, 3.63) is 0 Å². The van der Waals surface area contributed by atoms with Crippen LogP contribution in [0.15, 0.2) is 0 Å². The summed E-state index contributed by atoms with van der Waals surface area (Å²) in [7, 11) is 0. The van der Waals surface area contributed by atoms with Crippen LogP contribution in [0.25, 0.3) is 0 Å². The Morgan fingerprint density at radius 3 is 2.53 bits per heavy atom.